The quantitative estimate of drug-likeness (QED) is 0.761. The first-order chi connectivity index (χ1) is 11.7. The van der Waals surface area contributed by atoms with Gasteiger partial charge in [-0.3, -0.25) is 4.79 Å². The van der Waals surface area contributed by atoms with Gasteiger partial charge in [0.25, 0.3) is 0 Å². The lowest BCUT2D eigenvalue weighted by Gasteiger charge is -2.41. The van der Waals surface area contributed by atoms with E-state index < -0.39 is 0 Å². The smallest absolute Gasteiger partial charge is 0.242 e. The van der Waals surface area contributed by atoms with E-state index >= 15 is 0 Å². The molecule has 3 fully saturated rings. The zero-order valence-corrected chi connectivity index (χ0v) is 15.0. The van der Waals surface area contributed by atoms with Crippen LogP contribution in [0.4, 0.5) is 0 Å². The Hall–Kier alpha value is -0.690. The van der Waals surface area contributed by atoms with Crippen molar-refractivity contribution in [3.63, 3.8) is 0 Å². The third-order valence-corrected chi connectivity index (χ3v) is 6.03. The highest BCUT2D eigenvalue weighted by Gasteiger charge is 2.32. The van der Waals surface area contributed by atoms with Crippen LogP contribution in [0, 0.1) is 5.92 Å². The molecule has 1 aliphatic carbocycles. The van der Waals surface area contributed by atoms with E-state index in [2.05, 4.69) is 10.2 Å². The van der Waals surface area contributed by atoms with Crippen LogP contribution >= 0.6 is 0 Å². The summed E-state index contributed by atoms with van der Waals surface area (Å²) in [4.78, 5) is 17.1. The second kappa shape index (κ2) is 8.61. The number of likely N-dealkylation sites (tertiary alicyclic amines) is 1. The Balaban J connectivity index is 1.42. The summed E-state index contributed by atoms with van der Waals surface area (Å²) in [6, 6.07) is 0.522. The molecule has 0 radical (unpaired) electrons. The highest BCUT2D eigenvalue weighted by Crippen LogP contribution is 2.30. The van der Waals surface area contributed by atoms with Gasteiger partial charge in [-0.15, -0.1) is 0 Å². The van der Waals surface area contributed by atoms with Crippen LogP contribution in [-0.4, -0.2) is 85.4 Å². The monoisotopic (exact) mass is 339 g/mol. The molecule has 0 aromatic heterocycles. The molecule has 3 rings (SSSR count). The first-order valence-electron chi connectivity index (χ1n) is 9.60. The van der Waals surface area contributed by atoms with E-state index in [1.807, 2.05) is 4.90 Å². The molecule has 6 heteroatoms. The van der Waals surface area contributed by atoms with E-state index in [0.29, 0.717) is 18.6 Å². The summed E-state index contributed by atoms with van der Waals surface area (Å²) in [5.74, 6) is 0.845. The van der Waals surface area contributed by atoms with Crippen molar-refractivity contribution in [2.24, 2.45) is 5.92 Å². The molecule has 2 heterocycles. The zero-order valence-electron chi connectivity index (χ0n) is 15.0. The van der Waals surface area contributed by atoms with Crippen LogP contribution in [0.3, 0.4) is 0 Å². The number of rotatable bonds is 5. The third kappa shape index (κ3) is 4.48. The molecule has 6 nitrogen and oxygen atoms in total. The topological polar surface area (TPSA) is 65.0 Å². The van der Waals surface area contributed by atoms with Gasteiger partial charge >= 0.3 is 0 Å². The van der Waals surface area contributed by atoms with E-state index in [0.717, 1.165) is 45.6 Å². The number of carbonyl (C=O) groups is 1. The van der Waals surface area contributed by atoms with Crippen molar-refractivity contribution in [1.82, 2.24) is 15.1 Å². The van der Waals surface area contributed by atoms with Gasteiger partial charge in [0, 0.05) is 45.9 Å². The van der Waals surface area contributed by atoms with Crippen molar-refractivity contribution in [3.05, 3.63) is 0 Å². The molecule has 0 aromatic rings. The first-order valence-corrected chi connectivity index (χ1v) is 9.60. The van der Waals surface area contributed by atoms with Crippen LogP contribution in [0.1, 0.15) is 38.5 Å². The molecular formula is C18H33N3O3. The summed E-state index contributed by atoms with van der Waals surface area (Å²) in [5, 5.41) is 12.9. The maximum atomic E-state index is 12.5. The molecule has 0 bridgehead atoms. The summed E-state index contributed by atoms with van der Waals surface area (Å²) in [7, 11) is 1.65. The fourth-order valence-corrected chi connectivity index (χ4v) is 4.52. The van der Waals surface area contributed by atoms with Crippen LogP contribution in [0.25, 0.3) is 0 Å². The van der Waals surface area contributed by atoms with Gasteiger partial charge in [-0.25, -0.2) is 0 Å². The molecule has 1 saturated carbocycles. The number of nitrogens with zero attached hydrogens (tertiary/aromatic N) is 2. The van der Waals surface area contributed by atoms with Crippen molar-refractivity contribution < 1.29 is 14.6 Å². The van der Waals surface area contributed by atoms with Gasteiger partial charge in [-0.05, 0) is 44.4 Å². The number of piperidine rings is 1. The number of ether oxygens (including phenoxy) is 1. The van der Waals surface area contributed by atoms with Gasteiger partial charge in [0.1, 0.15) is 6.04 Å². The largest absolute Gasteiger partial charge is 0.393 e. The maximum Gasteiger partial charge on any atom is 0.242 e. The maximum absolute atomic E-state index is 12.5. The summed E-state index contributed by atoms with van der Waals surface area (Å²) >= 11 is 0. The van der Waals surface area contributed by atoms with Gasteiger partial charge in [-0.1, -0.05) is 0 Å². The SMILES string of the molecule is COC[C@@H]1NCCN(CC2CCC(N3CCC(O)CC3)CC2)C1=O. The number of aliphatic hydroxyl groups is 1. The Labute approximate surface area is 145 Å². The van der Waals surface area contributed by atoms with Crippen molar-refractivity contribution in [2.45, 2.75) is 56.7 Å². The van der Waals surface area contributed by atoms with E-state index in [-0.39, 0.29) is 18.1 Å². The van der Waals surface area contributed by atoms with Crippen molar-refractivity contribution >= 4 is 5.91 Å². The van der Waals surface area contributed by atoms with Crippen LogP contribution in [0.5, 0.6) is 0 Å². The van der Waals surface area contributed by atoms with E-state index in [4.69, 9.17) is 4.74 Å². The zero-order chi connectivity index (χ0) is 16.9. The van der Waals surface area contributed by atoms with Gasteiger partial charge in [0.15, 0.2) is 0 Å². The van der Waals surface area contributed by atoms with Gasteiger partial charge < -0.3 is 25.0 Å². The average Bonchev–Trinajstić information content (AvgIpc) is 2.60. The Kier molecular flexibility index (Phi) is 6.49. The Bertz CT molecular complexity index is 402. The lowest BCUT2D eigenvalue weighted by atomic mass is 9.84. The lowest BCUT2D eigenvalue weighted by Crippen LogP contribution is -2.57. The minimum atomic E-state index is -0.167. The average molecular weight is 339 g/mol. The Morgan fingerprint density at radius 1 is 1.12 bits per heavy atom. The van der Waals surface area contributed by atoms with Crippen LogP contribution in [-0.2, 0) is 9.53 Å². The molecule has 0 spiro atoms. The molecule has 0 aromatic carbocycles. The third-order valence-electron chi connectivity index (χ3n) is 6.03. The molecule has 1 amide bonds. The first kappa shape index (κ1) is 18.1. The number of hydrogen-bond donors (Lipinski definition) is 2. The normalized spacial score (nSPS) is 33.8. The molecular weight excluding hydrogens is 306 g/mol. The molecule has 24 heavy (non-hydrogen) atoms. The molecule has 0 unspecified atom stereocenters. The van der Waals surface area contributed by atoms with Gasteiger partial charge in [0.2, 0.25) is 5.91 Å². The standard InChI is InChI=1S/C18H33N3O3/c1-24-13-17-18(23)21(11-8-19-17)12-14-2-4-15(5-3-14)20-9-6-16(22)7-10-20/h14-17,19,22H,2-13H2,1H3/t14?,15?,17-/m0/s1. The van der Waals surface area contributed by atoms with Crippen molar-refractivity contribution in [1.29, 1.82) is 0 Å². The molecule has 1 atom stereocenters. The highest BCUT2D eigenvalue weighted by atomic mass is 16.5. The fourth-order valence-electron chi connectivity index (χ4n) is 4.52. The lowest BCUT2D eigenvalue weighted by molar-refractivity contribution is -0.138. The molecule has 2 N–H and O–H groups in total. The van der Waals surface area contributed by atoms with E-state index in [1.54, 1.807) is 7.11 Å². The Morgan fingerprint density at radius 2 is 1.83 bits per heavy atom. The number of nitrogens with one attached hydrogen (secondary N) is 1. The minimum absolute atomic E-state index is 0.0867. The molecule has 3 aliphatic rings. The molecule has 2 aliphatic heterocycles. The number of carbonyl (C=O) groups excluding carboxylic acids is 1. The summed E-state index contributed by atoms with van der Waals surface area (Å²) in [6.07, 6.45) is 6.68. The molecule has 138 valence electrons. The highest BCUT2D eigenvalue weighted by molar-refractivity contribution is 5.82. The number of methoxy groups -OCH3 is 1. The van der Waals surface area contributed by atoms with Crippen molar-refractivity contribution in [3.8, 4) is 0 Å². The number of piperazine rings is 1. The second-order valence-electron chi connectivity index (χ2n) is 7.69. The van der Waals surface area contributed by atoms with Crippen LogP contribution < -0.4 is 5.32 Å². The van der Waals surface area contributed by atoms with Gasteiger partial charge in [-0.2, -0.15) is 0 Å². The number of aliphatic hydroxyl groups excluding tert-OH is 1. The summed E-state index contributed by atoms with van der Waals surface area (Å²) in [5.41, 5.74) is 0. The summed E-state index contributed by atoms with van der Waals surface area (Å²) in [6.45, 7) is 5.15. The summed E-state index contributed by atoms with van der Waals surface area (Å²) < 4.78 is 5.15. The van der Waals surface area contributed by atoms with Crippen molar-refractivity contribution in [2.75, 3.05) is 46.4 Å². The molecule has 2 saturated heterocycles. The van der Waals surface area contributed by atoms with E-state index in [9.17, 15) is 9.90 Å². The van der Waals surface area contributed by atoms with Crippen LogP contribution in [0.15, 0.2) is 0 Å². The number of amides is 1. The fraction of sp³-hybridized carbons (Fsp3) is 0.944. The predicted octanol–water partition coefficient (Wildman–Crippen LogP) is 0.449. The van der Waals surface area contributed by atoms with E-state index in [1.165, 1.54) is 25.7 Å². The second-order valence-corrected chi connectivity index (χ2v) is 7.69. The van der Waals surface area contributed by atoms with Crippen LogP contribution in [0.2, 0.25) is 0 Å². The predicted molar refractivity (Wildman–Crippen MR) is 92.8 cm³/mol. The number of hydrogen-bond acceptors (Lipinski definition) is 5. The minimum Gasteiger partial charge on any atom is -0.393 e. The Morgan fingerprint density at radius 3 is 2.50 bits per heavy atom. The van der Waals surface area contributed by atoms with Gasteiger partial charge in [0.05, 0.1) is 12.7 Å².